The van der Waals surface area contributed by atoms with Gasteiger partial charge in [-0.15, -0.1) is 10.2 Å². The number of nitrogens with zero attached hydrogens (tertiary/aromatic N) is 3. The monoisotopic (exact) mass is 395 g/mol. The van der Waals surface area contributed by atoms with E-state index >= 15 is 0 Å². The van der Waals surface area contributed by atoms with E-state index in [1.54, 1.807) is 6.07 Å². The highest BCUT2D eigenvalue weighted by Crippen LogP contribution is 2.29. The molecule has 26 heavy (non-hydrogen) atoms. The normalized spacial score (nSPS) is 15.8. The third kappa shape index (κ3) is 5.44. The maximum atomic E-state index is 12.1. The summed E-state index contributed by atoms with van der Waals surface area (Å²) in [6, 6.07) is 2.26. The van der Waals surface area contributed by atoms with Gasteiger partial charge < -0.3 is 9.84 Å². The van der Waals surface area contributed by atoms with E-state index in [1.165, 1.54) is 55.2 Å². The van der Waals surface area contributed by atoms with Crippen molar-refractivity contribution in [2.75, 3.05) is 16.4 Å². The first-order valence-corrected chi connectivity index (χ1v) is 10.7. The van der Waals surface area contributed by atoms with Crippen LogP contribution in [0.15, 0.2) is 14.9 Å². The number of hydrogen-bond donors (Lipinski definition) is 2. The molecule has 0 atom stereocenters. The highest BCUT2D eigenvalue weighted by atomic mass is 32.2. The maximum Gasteiger partial charge on any atom is 0.237 e. The Balaban J connectivity index is 1.45. The molecule has 7 nitrogen and oxygen atoms in total. The van der Waals surface area contributed by atoms with Crippen molar-refractivity contribution in [3.05, 3.63) is 11.8 Å². The molecule has 0 saturated heterocycles. The number of carbonyl (C=O) groups excluding carboxylic acids is 1. The summed E-state index contributed by atoms with van der Waals surface area (Å²) in [7, 11) is 0. The number of aromatic nitrogens is 3. The van der Waals surface area contributed by atoms with Gasteiger partial charge in [-0.2, -0.15) is 0 Å². The number of anilines is 2. The first-order valence-electron chi connectivity index (χ1n) is 8.90. The fourth-order valence-electron chi connectivity index (χ4n) is 2.74. The van der Waals surface area contributed by atoms with Crippen molar-refractivity contribution in [3.8, 4) is 0 Å². The number of hydrogen-bond acceptors (Lipinski definition) is 8. The van der Waals surface area contributed by atoms with Crippen LogP contribution in [0.1, 0.15) is 58.6 Å². The lowest BCUT2D eigenvalue weighted by atomic mass is 9.92. The van der Waals surface area contributed by atoms with E-state index in [0.29, 0.717) is 11.9 Å². The molecular weight excluding hydrogens is 370 g/mol. The quantitative estimate of drug-likeness (QED) is 0.704. The molecule has 0 spiro atoms. The molecule has 9 heteroatoms. The average Bonchev–Trinajstić information content (AvgIpc) is 3.23. The number of carbonyl (C=O) groups is 1. The molecule has 1 fully saturated rings. The van der Waals surface area contributed by atoms with Crippen LogP contribution in [0.5, 0.6) is 0 Å². The van der Waals surface area contributed by atoms with E-state index < -0.39 is 0 Å². The number of rotatable bonds is 6. The van der Waals surface area contributed by atoms with Crippen LogP contribution in [0, 0.1) is 0 Å². The van der Waals surface area contributed by atoms with E-state index in [1.807, 2.05) is 20.8 Å². The zero-order chi connectivity index (χ0) is 18.6. The Bertz CT molecular complexity index is 732. The van der Waals surface area contributed by atoms with Crippen molar-refractivity contribution in [2.24, 2.45) is 0 Å². The van der Waals surface area contributed by atoms with Gasteiger partial charge in [-0.3, -0.25) is 10.1 Å². The van der Waals surface area contributed by atoms with Crippen LogP contribution in [0.4, 0.5) is 11.0 Å². The molecule has 0 aromatic carbocycles. The molecule has 2 aromatic heterocycles. The molecule has 2 aromatic rings. The second-order valence-corrected chi connectivity index (χ2v) is 9.72. The fraction of sp³-hybridized carbons (Fsp3) is 0.647. The van der Waals surface area contributed by atoms with Gasteiger partial charge in [-0.1, -0.05) is 68.3 Å². The molecule has 1 saturated carbocycles. The molecule has 2 heterocycles. The standard InChI is InChI=1S/C17H25N5O2S2/c1-17(2,3)12-9-14(24-22-12)19-13(23)10-25-16-21-20-15(26-16)18-11-7-5-4-6-8-11/h9,11H,4-8,10H2,1-3H3,(H,18,20)(H,19,23). The number of amides is 1. The van der Waals surface area contributed by atoms with E-state index in [4.69, 9.17) is 4.52 Å². The highest BCUT2D eigenvalue weighted by Gasteiger charge is 2.20. The van der Waals surface area contributed by atoms with Gasteiger partial charge >= 0.3 is 0 Å². The van der Waals surface area contributed by atoms with Crippen LogP contribution < -0.4 is 10.6 Å². The fourth-order valence-corrected chi connectivity index (χ4v) is 4.37. The Morgan fingerprint density at radius 3 is 2.77 bits per heavy atom. The van der Waals surface area contributed by atoms with Gasteiger partial charge in [-0.05, 0) is 12.8 Å². The molecule has 1 amide bonds. The summed E-state index contributed by atoms with van der Waals surface area (Å²) in [4.78, 5) is 12.1. The van der Waals surface area contributed by atoms with Crippen LogP contribution in [0.25, 0.3) is 0 Å². The largest absolute Gasteiger partial charge is 0.357 e. The molecule has 3 rings (SSSR count). The molecule has 0 aliphatic heterocycles. The zero-order valence-corrected chi connectivity index (χ0v) is 17.0. The lowest BCUT2D eigenvalue weighted by molar-refractivity contribution is -0.113. The molecule has 0 radical (unpaired) electrons. The third-order valence-electron chi connectivity index (χ3n) is 4.21. The van der Waals surface area contributed by atoms with Crippen LogP contribution >= 0.6 is 23.1 Å². The van der Waals surface area contributed by atoms with Gasteiger partial charge in [0, 0.05) is 17.5 Å². The predicted molar refractivity (Wildman–Crippen MR) is 105 cm³/mol. The summed E-state index contributed by atoms with van der Waals surface area (Å²) >= 11 is 2.87. The minimum absolute atomic E-state index is 0.116. The lowest BCUT2D eigenvalue weighted by Gasteiger charge is -2.21. The summed E-state index contributed by atoms with van der Waals surface area (Å²) < 4.78 is 5.96. The van der Waals surface area contributed by atoms with Crippen molar-refractivity contribution in [1.29, 1.82) is 0 Å². The Morgan fingerprint density at radius 1 is 1.31 bits per heavy atom. The summed E-state index contributed by atoms with van der Waals surface area (Å²) in [5.74, 6) is 0.477. The summed E-state index contributed by atoms with van der Waals surface area (Å²) in [5.41, 5.74) is 0.693. The van der Waals surface area contributed by atoms with Crippen molar-refractivity contribution in [2.45, 2.75) is 68.7 Å². The first-order chi connectivity index (χ1) is 12.4. The summed E-state index contributed by atoms with van der Waals surface area (Å²) in [5, 5.41) is 19.3. The van der Waals surface area contributed by atoms with Crippen LogP contribution in [0.2, 0.25) is 0 Å². The Morgan fingerprint density at radius 2 is 2.08 bits per heavy atom. The molecule has 2 N–H and O–H groups in total. The second-order valence-electron chi connectivity index (χ2n) is 7.52. The van der Waals surface area contributed by atoms with E-state index in [-0.39, 0.29) is 17.1 Å². The third-order valence-corrected chi connectivity index (χ3v) is 6.19. The van der Waals surface area contributed by atoms with Crippen LogP contribution in [-0.2, 0) is 10.2 Å². The number of nitrogens with one attached hydrogen (secondary N) is 2. The molecule has 1 aliphatic carbocycles. The molecule has 142 valence electrons. The van der Waals surface area contributed by atoms with Crippen molar-refractivity contribution in [3.63, 3.8) is 0 Å². The van der Waals surface area contributed by atoms with E-state index in [9.17, 15) is 4.79 Å². The highest BCUT2D eigenvalue weighted by molar-refractivity contribution is 8.01. The van der Waals surface area contributed by atoms with Crippen LogP contribution in [0.3, 0.4) is 0 Å². The summed E-state index contributed by atoms with van der Waals surface area (Å²) in [6.07, 6.45) is 6.26. The first kappa shape index (κ1) is 19.2. The Kier molecular flexibility index (Phi) is 6.18. The Labute approximate surface area is 161 Å². The van der Waals surface area contributed by atoms with E-state index in [2.05, 4.69) is 26.0 Å². The number of thioether (sulfide) groups is 1. The maximum absolute atomic E-state index is 12.1. The lowest BCUT2D eigenvalue weighted by Crippen LogP contribution is -2.21. The Hall–Kier alpha value is -1.61. The summed E-state index contributed by atoms with van der Waals surface area (Å²) in [6.45, 7) is 6.13. The second kappa shape index (κ2) is 8.39. The van der Waals surface area contributed by atoms with Crippen LogP contribution in [-0.4, -0.2) is 33.1 Å². The van der Waals surface area contributed by atoms with Gasteiger partial charge in [0.05, 0.1) is 11.4 Å². The minimum atomic E-state index is -0.149. The van der Waals surface area contributed by atoms with Gasteiger partial charge in [0.1, 0.15) is 0 Å². The minimum Gasteiger partial charge on any atom is -0.357 e. The molecular formula is C17H25N5O2S2. The smallest absolute Gasteiger partial charge is 0.237 e. The SMILES string of the molecule is CC(C)(C)c1cc(NC(=O)CSc2nnc(NC3CCCCC3)s2)on1. The van der Waals surface area contributed by atoms with Gasteiger partial charge in [0.25, 0.3) is 0 Å². The van der Waals surface area contributed by atoms with Crippen molar-refractivity contribution < 1.29 is 9.32 Å². The molecule has 0 unspecified atom stereocenters. The van der Waals surface area contributed by atoms with Gasteiger partial charge in [-0.25, -0.2) is 0 Å². The predicted octanol–water partition coefficient (Wildman–Crippen LogP) is 4.30. The van der Waals surface area contributed by atoms with E-state index in [0.717, 1.165) is 15.2 Å². The van der Waals surface area contributed by atoms with Crippen molar-refractivity contribution in [1.82, 2.24) is 15.4 Å². The molecule has 0 bridgehead atoms. The molecule has 1 aliphatic rings. The van der Waals surface area contributed by atoms with Gasteiger partial charge in [0.15, 0.2) is 4.34 Å². The van der Waals surface area contributed by atoms with Gasteiger partial charge in [0.2, 0.25) is 16.9 Å². The average molecular weight is 396 g/mol. The van der Waals surface area contributed by atoms with Crippen molar-refractivity contribution >= 4 is 40.0 Å². The topological polar surface area (TPSA) is 92.9 Å². The zero-order valence-electron chi connectivity index (χ0n) is 15.4.